The Morgan fingerprint density at radius 3 is 2.61 bits per heavy atom. The molecule has 1 saturated heterocycles. The number of rotatable bonds is 2. The molecule has 0 aromatic rings. The lowest BCUT2D eigenvalue weighted by Crippen LogP contribution is -2.49. The molecule has 2 rings (SSSR count). The molecule has 7 nitrogen and oxygen atoms in total. The maximum Gasteiger partial charge on any atom is 0.437 e. The average Bonchev–Trinajstić information content (AvgIpc) is 2.34. The minimum Gasteiger partial charge on any atom is -0.335 e. The first-order valence-electron chi connectivity index (χ1n) is 5.78. The highest BCUT2D eigenvalue weighted by Gasteiger charge is 2.29. The number of hydrogen-bond donors (Lipinski definition) is 0. The van der Waals surface area contributed by atoms with Crippen molar-refractivity contribution in [1.29, 1.82) is 0 Å². The van der Waals surface area contributed by atoms with Crippen LogP contribution in [0.3, 0.4) is 0 Å². The molecule has 2 aliphatic heterocycles. The van der Waals surface area contributed by atoms with Gasteiger partial charge in [0.1, 0.15) is 0 Å². The van der Waals surface area contributed by atoms with Gasteiger partial charge < -0.3 is 9.80 Å². The largest absolute Gasteiger partial charge is 0.437 e. The summed E-state index contributed by atoms with van der Waals surface area (Å²) < 4.78 is 0.920. The minimum atomic E-state index is -0.513. The zero-order valence-corrected chi connectivity index (χ0v) is 10.2. The third kappa shape index (κ3) is 2.86. The van der Waals surface area contributed by atoms with E-state index in [1.54, 1.807) is 4.90 Å². The molecule has 2 heterocycles. The second kappa shape index (κ2) is 5.18. The third-order valence-electron chi connectivity index (χ3n) is 2.98. The molecule has 0 unspecified atom stereocenters. The van der Waals surface area contributed by atoms with Crippen LogP contribution in [0.5, 0.6) is 0 Å². The molecular weight excluding hydrogens is 236 g/mol. The van der Waals surface area contributed by atoms with Crippen LogP contribution in [0.25, 0.3) is 0 Å². The number of carbonyl (C=O) groups is 3. The van der Waals surface area contributed by atoms with E-state index < -0.39 is 11.8 Å². The summed E-state index contributed by atoms with van der Waals surface area (Å²) in [7, 11) is 1.99. The van der Waals surface area contributed by atoms with Gasteiger partial charge >= 0.3 is 11.8 Å². The Labute approximate surface area is 104 Å². The van der Waals surface area contributed by atoms with E-state index in [1.165, 1.54) is 0 Å². The van der Waals surface area contributed by atoms with Gasteiger partial charge in [-0.15, -0.1) is 0 Å². The van der Waals surface area contributed by atoms with Gasteiger partial charge in [0.2, 0.25) is 0 Å². The van der Waals surface area contributed by atoms with Crippen molar-refractivity contribution >= 4 is 17.7 Å². The van der Waals surface area contributed by atoms with Gasteiger partial charge in [0.15, 0.2) is 0 Å². The van der Waals surface area contributed by atoms with Crippen molar-refractivity contribution in [3.8, 4) is 0 Å². The Morgan fingerprint density at radius 1 is 1.28 bits per heavy atom. The zero-order chi connectivity index (χ0) is 13.1. The fourth-order valence-electron chi connectivity index (χ4n) is 1.83. The molecule has 0 aromatic carbocycles. The molecule has 0 aromatic heterocycles. The second-order valence-electron chi connectivity index (χ2n) is 4.35. The predicted octanol–water partition coefficient (Wildman–Crippen LogP) is -1.15. The number of hydrogen-bond acceptors (Lipinski definition) is 4. The quantitative estimate of drug-likeness (QED) is 0.581. The summed E-state index contributed by atoms with van der Waals surface area (Å²) in [6.07, 6.45) is 2.23. The van der Waals surface area contributed by atoms with Gasteiger partial charge in [-0.05, 0) is 11.7 Å². The first-order valence-corrected chi connectivity index (χ1v) is 5.78. The molecule has 1 fully saturated rings. The Hall–Kier alpha value is -1.89. The zero-order valence-electron chi connectivity index (χ0n) is 10.2. The molecule has 96 valence electrons. The Bertz CT molecular complexity index is 447. The maximum atomic E-state index is 11.9. The van der Waals surface area contributed by atoms with E-state index in [0.717, 1.165) is 29.9 Å². The summed E-state index contributed by atoms with van der Waals surface area (Å²) in [5.74, 6) is -1.12. The van der Waals surface area contributed by atoms with Crippen molar-refractivity contribution < 1.29 is 19.1 Å². The van der Waals surface area contributed by atoms with Crippen LogP contribution in [0, 0.1) is 0 Å². The minimum absolute atomic E-state index is 0.168. The van der Waals surface area contributed by atoms with Crippen molar-refractivity contribution in [2.45, 2.75) is 0 Å². The summed E-state index contributed by atoms with van der Waals surface area (Å²) in [4.78, 5) is 38.2. The van der Waals surface area contributed by atoms with Crippen molar-refractivity contribution in [2.24, 2.45) is 5.11 Å². The second-order valence-corrected chi connectivity index (χ2v) is 4.35. The van der Waals surface area contributed by atoms with Crippen molar-refractivity contribution in [3.05, 3.63) is 12.2 Å². The van der Waals surface area contributed by atoms with Crippen LogP contribution in [-0.2, 0) is 14.4 Å². The molecule has 0 saturated carbocycles. The molecular formula is C11H15N4O3+. The van der Waals surface area contributed by atoms with E-state index >= 15 is 0 Å². The summed E-state index contributed by atoms with van der Waals surface area (Å²) >= 11 is 0. The predicted molar refractivity (Wildman–Crippen MR) is 60.8 cm³/mol. The van der Waals surface area contributed by atoms with E-state index in [1.807, 2.05) is 7.05 Å². The van der Waals surface area contributed by atoms with E-state index in [-0.39, 0.29) is 12.5 Å². The number of piperazine rings is 1. The monoisotopic (exact) mass is 251 g/mol. The third-order valence-corrected chi connectivity index (χ3v) is 2.98. The molecule has 0 atom stereocenters. The Morgan fingerprint density at radius 2 is 1.94 bits per heavy atom. The van der Waals surface area contributed by atoms with Crippen LogP contribution in [0.1, 0.15) is 0 Å². The van der Waals surface area contributed by atoms with Gasteiger partial charge in [-0.2, -0.15) is 0 Å². The molecule has 7 heteroatoms. The van der Waals surface area contributed by atoms with Crippen LogP contribution >= 0.6 is 0 Å². The molecule has 0 bridgehead atoms. The SMILES string of the molecule is CN1CCN(C(=O)C[N+]2=NC(=O)C=CC2=O)CC1. The van der Waals surface area contributed by atoms with Crippen LogP contribution in [-0.4, -0.2) is 72.0 Å². The summed E-state index contributed by atoms with van der Waals surface area (Å²) in [6.45, 7) is 2.74. The highest BCUT2D eigenvalue weighted by Crippen LogP contribution is 2.02. The van der Waals surface area contributed by atoms with E-state index in [9.17, 15) is 14.4 Å². The summed E-state index contributed by atoms with van der Waals surface area (Å²) in [6, 6.07) is 0. The van der Waals surface area contributed by atoms with Gasteiger partial charge in [0.25, 0.3) is 12.5 Å². The fraction of sp³-hybridized carbons (Fsp3) is 0.545. The maximum absolute atomic E-state index is 11.9. The molecule has 2 aliphatic rings. The van der Waals surface area contributed by atoms with Gasteiger partial charge in [-0.1, -0.05) is 0 Å². The average molecular weight is 251 g/mol. The van der Waals surface area contributed by atoms with Gasteiger partial charge in [-0.25, -0.2) is 4.79 Å². The molecule has 0 radical (unpaired) electrons. The van der Waals surface area contributed by atoms with Crippen molar-refractivity contribution in [1.82, 2.24) is 9.80 Å². The molecule has 3 amide bonds. The normalized spacial score (nSPS) is 21.2. The number of likely N-dealkylation sites (N-methyl/N-ethyl adjacent to an activating group) is 1. The Balaban J connectivity index is 1.95. The van der Waals surface area contributed by atoms with Gasteiger partial charge in [0.05, 0.1) is 6.08 Å². The smallest absolute Gasteiger partial charge is 0.335 e. The standard InChI is InChI=1S/C11H15N4O3/c1-13-4-6-14(7-5-13)11(18)8-15-10(17)3-2-9(16)12-15/h2-3H,4-8H2,1H3/q+1. The van der Waals surface area contributed by atoms with Gasteiger partial charge in [-0.3, -0.25) is 9.59 Å². The van der Waals surface area contributed by atoms with E-state index in [4.69, 9.17) is 0 Å². The Kier molecular flexibility index (Phi) is 3.61. The van der Waals surface area contributed by atoms with Crippen molar-refractivity contribution in [2.75, 3.05) is 39.8 Å². The molecule has 0 N–H and O–H groups in total. The first kappa shape index (κ1) is 12.6. The number of nitrogens with zero attached hydrogens (tertiary/aromatic N) is 4. The summed E-state index contributed by atoms with van der Waals surface area (Å²) in [5.41, 5.74) is 0. The van der Waals surface area contributed by atoms with E-state index in [2.05, 4.69) is 10.0 Å². The lowest BCUT2D eigenvalue weighted by molar-refractivity contribution is -0.496. The highest BCUT2D eigenvalue weighted by atomic mass is 16.2. The van der Waals surface area contributed by atoms with Crippen LogP contribution < -0.4 is 0 Å². The fourth-order valence-corrected chi connectivity index (χ4v) is 1.83. The molecule has 0 spiro atoms. The number of carbonyl (C=O) groups excluding carboxylic acids is 3. The van der Waals surface area contributed by atoms with Gasteiger partial charge in [0, 0.05) is 37.4 Å². The van der Waals surface area contributed by atoms with Crippen LogP contribution in [0.2, 0.25) is 0 Å². The molecule has 0 aliphatic carbocycles. The topological polar surface area (TPSA) is 73.1 Å². The lowest BCUT2D eigenvalue weighted by atomic mass is 10.3. The number of amides is 3. The van der Waals surface area contributed by atoms with Crippen molar-refractivity contribution in [3.63, 3.8) is 0 Å². The summed E-state index contributed by atoms with van der Waals surface area (Å²) in [5, 5.41) is 3.51. The highest BCUT2D eigenvalue weighted by molar-refractivity contribution is 5.96. The van der Waals surface area contributed by atoms with E-state index in [0.29, 0.717) is 13.1 Å². The van der Waals surface area contributed by atoms with Crippen LogP contribution in [0.4, 0.5) is 0 Å². The van der Waals surface area contributed by atoms with Crippen LogP contribution in [0.15, 0.2) is 17.3 Å². The lowest BCUT2D eigenvalue weighted by Gasteiger charge is -2.31. The number of azo groups is 2. The first-order chi connectivity index (χ1) is 8.56. The molecule has 18 heavy (non-hydrogen) atoms.